The van der Waals surface area contributed by atoms with E-state index in [9.17, 15) is 4.79 Å². The van der Waals surface area contributed by atoms with Gasteiger partial charge in [-0.05, 0) is 31.2 Å². The Hall–Kier alpha value is -2.11. The zero-order valence-corrected chi connectivity index (χ0v) is 13.2. The van der Waals surface area contributed by atoms with Gasteiger partial charge in [-0.25, -0.2) is 4.98 Å². The molecule has 5 nitrogen and oxygen atoms in total. The first-order valence-corrected chi connectivity index (χ1v) is 7.09. The van der Waals surface area contributed by atoms with Crippen LogP contribution in [0.1, 0.15) is 24.2 Å². The summed E-state index contributed by atoms with van der Waals surface area (Å²) in [5, 5.41) is 8.28. The monoisotopic (exact) mass is 337 g/mol. The van der Waals surface area contributed by atoms with Gasteiger partial charge >= 0.3 is 0 Å². The molecule has 2 aromatic rings. The van der Waals surface area contributed by atoms with Gasteiger partial charge in [0.25, 0.3) is 0 Å². The molecule has 0 spiro atoms. The van der Waals surface area contributed by atoms with Gasteiger partial charge in [0.2, 0.25) is 0 Å². The number of carbonyl (C=O) groups is 1. The third-order valence-corrected chi connectivity index (χ3v) is 3.67. The zero-order chi connectivity index (χ0) is 16.3. The predicted octanol–water partition coefficient (Wildman–Crippen LogP) is 3.68. The molecule has 0 saturated carbocycles. The van der Waals surface area contributed by atoms with Gasteiger partial charge in [-0.15, -0.1) is 0 Å². The van der Waals surface area contributed by atoms with E-state index in [4.69, 9.17) is 39.1 Å². The number of anilines is 1. The number of hydrogen-bond donors (Lipinski definition) is 2. The van der Waals surface area contributed by atoms with Gasteiger partial charge < -0.3 is 10.5 Å². The van der Waals surface area contributed by atoms with Gasteiger partial charge in [-0.3, -0.25) is 10.2 Å². The van der Waals surface area contributed by atoms with Crippen LogP contribution in [0.4, 0.5) is 5.69 Å². The highest BCUT2D eigenvalue weighted by molar-refractivity contribution is 6.36. The molecule has 0 aliphatic heterocycles. The Morgan fingerprint density at radius 1 is 1.41 bits per heavy atom. The van der Waals surface area contributed by atoms with Crippen LogP contribution < -0.4 is 10.5 Å². The SMILES string of the molecule is CC(Oc1ccc(N)c(C(=N)C=O)c1)c1c(Cl)ccnc1Cl. The van der Waals surface area contributed by atoms with Gasteiger partial charge in [0.05, 0.1) is 5.02 Å². The number of carbonyl (C=O) groups excluding carboxylic acids is 1. The smallest absolute Gasteiger partial charge is 0.168 e. The normalized spacial score (nSPS) is 11.8. The summed E-state index contributed by atoms with van der Waals surface area (Å²) >= 11 is 12.2. The largest absolute Gasteiger partial charge is 0.486 e. The second-order valence-corrected chi connectivity index (χ2v) is 5.30. The Labute approximate surface area is 137 Å². The fourth-order valence-corrected chi connectivity index (χ4v) is 2.62. The molecule has 1 atom stereocenters. The third kappa shape index (κ3) is 3.37. The van der Waals surface area contributed by atoms with Crippen LogP contribution in [-0.4, -0.2) is 17.0 Å². The molecule has 0 aliphatic rings. The molecule has 1 aromatic heterocycles. The molecule has 22 heavy (non-hydrogen) atoms. The summed E-state index contributed by atoms with van der Waals surface area (Å²) < 4.78 is 5.78. The van der Waals surface area contributed by atoms with Crippen molar-refractivity contribution in [2.75, 3.05) is 5.73 Å². The Bertz CT molecular complexity index is 714. The first-order chi connectivity index (χ1) is 10.4. The number of halogens is 2. The Morgan fingerprint density at radius 3 is 2.77 bits per heavy atom. The van der Waals surface area contributed by atoms with Crippen LogP contribution in [0.3, 0.4) is 0 Å². The van der Waals surface area contributed by atoms with E-state index in [0.717, 1.165) is 0 Å². The molecule has 0 saturated heterocycles. The number of nitrogens with one attached hydrogen (secondary N) is 1. The molecule has 1 heterocycles. The van der Waals surface area contributed by atoms with Gasteiger partial charge in [-0.2, -0.15) is 0 Å². The number of rotatable bonds is 5. The summed E-state index contributed by atoms with van der Waals surface area (Å²) in [4.78, 5) is 14.7. The fraction of sp³-hybridized carbons (Fsp3) is 0.133. The molecule has 1 unspecified atom stereocenters. The number of ether oxygens (including phenoxy) is 1. The van der Waals surface area contributed by atoms with Crippen LogP contribution in [0.25, 0.3) is 0 Å². The van der Waals surface area contributed by atoms with Crippen LogP contribution in [-0.2, 0) is 4.79 Å². The third-order valence-electron chi connectivity index (χ3n) is 3.04. The highest BCUT2D eigenvalue weighted by Crippen LogP contribution is 2.32. The molecule has 7 heteroatoms. The van der Waals surface area contributed by atoms with Crippen molar-refractivity contribution in [1.29, 1.82) is 5.41 Å². The molecule has 0 amide bonds. The maximum atomic E-state index is 10.7. The summed E-state index contributed by atoms with van der Waals surface area (Å²) in [6, 6.07) is 6.37. The zero-order valence-electron chi connectivity index (χ0n) is 11.6. The van der Waals surface area contributed by atoms with Crippen molar-refractivity contribution in [1.82, 2.24) is 4.98 Å². The topological polar surface area (TPSA) is 89.1 Å². The van der Waals surface area contributed by atoms with E-state index in [-0.39, 0.29) is 10.9 Å². The molecule has 1 aromatic carbocycles. The number of aldehydes is 1. The minimum atomic E-state index is -0.462. The molecule has 0 radical (unpaired) electrons. The summed E-state index contributed by atoms with van der Waals surface area (Å²) in [6.45, 7) is 1.77. The minimum absolute atomic E-state index is 0.215. The molecule has 114 valence electrons. The number of pyridine rings is 1. The van der Waals surface area contributed by atoms with Crippen molar-refractivity contribution in [3.8, 4) is 5.75 Å². The lowest BCUT2D eigenvalue weighted by Gasteiger charge is -2.18. The van der Waals surface area contributed by atoms with E-state index in [0.29, 0.717) is 33.9 Å². The lowest BCUT2D eigenvalue weighted by atomic mass is 10.1. The Kier molecular flexibility index (Phi) is 5.00. The minimum Gasteiger partial charge on any atom is -0.486 e. The van der Waals surface area contributed by atoms with Crippen LogP contribution in [0.2, 0.25) is 10.2 Å². The van der Waals surface area contributed by atoms with Gasteiger partial charge in [0, 0.05) is 23.0 Å². The second-order valence-electron chi connectivity index (χ2n) is 4.54. The quantitative estimate of drug-likeness (QED) is 0.377. The van der Waals surface area contributed by atoms with Crippen molar-refractivity contribution in [2.24, 2.45) is 0 Å². The summed E-state index contributed by atoms with van der Waals surface area (Å²) in [7, 11) is 0. The van der Waals surface area contributed by atoms with Crippen molar-refractivity contribution in [3.63, 3.8) is 0 Å². The molecular formula is C15H13Cl2N3O2. The van der Waals surface area contributed by atoms with Crippen molar-refractivity contribution >= 4 is 40.9 Å². The summed E-state index contributed by atoms with van der Waals surface area (Å²) in [5.74, 6) is 0.444. The van der Waals surface area contributed by atoms with Crippen molar-refractivity contribution < 1.29 is 9.53 Å². The molecule has 0 aliphatic carbocycles. The lowest BCUT2D eigenvalue weighted by Crippen LogP contribution is -2.08. The summed E-state index contributed by atoms with van der Waals surface area (Å²) in [5.41, 5.74) is 6.74. The Morgan fingerprint density at radius 2 is 2.14 bits per heavy atom. The first kappa shape index (κ1) is 16.3. The Balaban J connectivity index is 2.31. The number of nitrogens with zero attached hydrogens (tertiary/aromatic N) is 1. The van der Waals surface area contributed by atoms with Gasteiger partial charge in [0.15, 0.2) is 6.29 Å². The highest BCUT2D eigenvalue weighted by atomic mass is 35.5. The average Bonchev–Trinajstić information content (AvgIpc) is 2.48. The average molecular weight is 338 g/mol. The number of benzene rings is 1. The van der Waals surface area contributed by atoms with E-state index in [2.05, 4.69) is 4.98 Å². The van der Waals surface area contributed by atoms with Gasteiger partial charge in [0.1, 0.15) is 22.7 Å². The highest BCUT2D eigenvalue weighted by Gasteiger charge is 2.17. The maximum Gasteiger partial charge on any atom is 0.168 e. The van der Waals surface area contributed by atoms with Crippen molar-refractivity contribution in [3.05, 3.63) is 51.8 Å². The van der Waals surface area contributed by atoms with E-state index in [1.807, 2.05) is 0 Å². The summed E-state index contributed by atoms with van der Waals surface area (Å²) in [6.07, 6.45) is 1.47. The van der Waals surface area contributed by atoms with E-state index in [1.165, 1.54) is 12.3 Å². The number of aromatic nitrogens is 1. The van der Waals surface area contributed by atoms with E-state index >= 15 is 0 Å². The predicted molar refractivity (Wildman–Crippen MR) is 87.0 cm³/mol. The fourth-order valence-electron chi connectivity index (χ4n) is 1.96. The molecule has 0 bridgehead atoms. The molecule has 2 rings (SSSR count). The standard InChI is InChI=1S/C15H13Cl2N3O2/c1-8(14-11(16)4-5-20-15(14)17)22-9-2-3-12(18)10(6-9)13(19)7-21/h2-8,19H,18H2,1H3. The van der Waals surface area contributed by atoms with Crippen LogP contribution >= 0.6 is 23.2 Å². The molecule has 3 N–H and O–H groups in total. The number of nitrogens with two attached hydrogens (primary N) is 1. The van der Waals surface area contributed by atoms with E-state index < -0.39 is 6.10 Å². The molecule has 0 fully saturated rings. The van der Waals surface area contributed by atoms with Crippen LogP contribution in [0.5, 0.6) is 5.75 Å². The van der Waals surface area contributed by atoms with Crippen molar-refractivity contribution in [2.45, 2.75) is 13.0 Å². The lowest BCUT2D eigenvalue weighted by molar-refractivity contribution is -0.102. The van der Waals surface area contributed by atoms with Crippen LogP contribution in [0, 0.1) is 5.41 Å². The van der Waals surface area contributed by atoms with Crippen LogP contribution in [0.15, 0.2) is 30.5 Å². The second kappa shape index (κ2) is 6.77. The van der Waals surface area contributed by atoms with Gasteiger partial charge in [-0.1, -0.05) is 23.2 Å². The number of hydrogen-bond acceptors (Lipinski definition) is 5. The van der Waals surface area contributed by atoms with E-state index in [1.54, 1.807) is 25.1 Å². The number of nitrogen functional groups attached to an aromatic ring is 1. The molecular weight excluding hydrogens is 325 g/mol. The first-order valence-electron chi connectivity index (χ1n) is 6.34. The maximum absolute atomic E-state index is 10.7.